The highest BCUT2D eigenvalue weighted by Crippen LogP contribution is 2.48. The number of hydrogen-bond acceptors (Lipinski definition) is 9. The first-order valence-corrected chi connectivity index (χ1v) is 15.7. The van der Waals surface area contributed by atoms with Crippen LogP contribution in [0.25, 0.3) is 0 Å². The molecule has 11 heteroatoms. The van der Waals surface area contributed by atoms with E-state index in [1.807, 2.05) is 60.7 Å². The number of aliphatic hydroxyl groups excluding tert-OH is 1. The summed E-state index contributed by atoms with van der Waals surface area (Å²) >= 11 is 1.30. The van der Waals surface area contributed by atoms with Crippen LogP contribution in [-0.4, -0.2) is 51.0 Å². The predicted molar refractivity (Wildman–Crippen MR) is 171 cm³/mol. The van der Waals surface area contributed by atoms with Gasteiger partial charge in [-0.2, -0.15) is 0 Å². The van der Waals surface area contributed by atoms with Crippen LogP contribution in [0.1, 0.15) is 64.8 Å². The number of carboxylic acid groups (broad SMARTS) is 1. The van der Waals surface area contributed by atoms with E-state index in [0.29, 0.717) is 22.0 Å². The predicted octanol–water partition coefficient (Wildman–Crippen LogP) is 5.89. The van der Waals surface area contributed by atoms with Gasteiger partial charge < -0.3 is 29.7 Å². The van der Waals surface area contributed by atoms with Gasteiger partial charge in [-0.15, -0.1) is 11.8 Å². The molecule has 0 radical (unpaired) electrons. The minimum atomic E-state index is -1.07. The minimum Gasteiger partial charge on any atom is -0.478 e. The average molecular weight is 643 g/mol. The van der Waals surface area contributed by atoms with Crippen LogP contribution in [0.3, 0.4) is 0 Å². The van der Waals surface area contributed by atoms with Crippen molar-refractivity contribution in [2.24, 2.45) is 0 Å². The third-order valence-electron chi connectivity index (χ3n) is 7.49. The SMILES string of the molecule is CC(=O)O[C@@H](C)C(=O)Nc1cccc(C2O[C@H](CSc3ncccc3C(=O)O)[C@@H](c3ccccc3)[C@H](c3ccc(CO)cc3)O2)c1. The Hall–Kier alpha value is -4.55. The Labute approximate surface area is 270 Å². The summed E-state index contributed by atoms with van der Waals surface area (Å²) in [7, 11) is 0. The maximum Gasteiger partial charge on any atom is 0.338 e. The number of amides is 1. The lowest BCUT2D eigenvalue weighted by atomic mass is 9.84. The number of aromatic nitrogens is 1. The minimum absolute atomic E-state index is 0.0938. The van der Waals surface area contributed by atoms with Gasteiger partial charge in [-0.05, 0) is 47.9 Å². The highest BCUT2D eigenvalue weighted by atomic mass is 32.2. The number of nitrogens with zero attached hydrogens (tertiary/aromatic N) is 1. The van der Waals surface area contributed by atoms with Crippen molar-refractivity contribution < 1.29 is 38.8 Å². The molecule has 46 heavy (non-hydrogen) atoms. The Bertz CT molecular complexity index is 1670. The largest absolute Gasteiger partial charge is 0.478 e. The molecule has 1 aromatic heterocycles. The van der Waals surface area contributed by atoms with E-state index in [9.17, 15) is 24.6 Å². The van der Waals surface area contributed by atoms with Crippen LogP contribution in [-0.2, 0) is 30.4 Å². The highest BCUT2D eigenvalue weighted by molar-refractivity contribution is 7.99. The second-order valence-electron chi connectivity index (χ2n) is 10.7. The summed E-state index contributed by atoms with van der Waals surface area (Å²) in [4.78, 5) is 40.2. The summed E-state index contributed by atoms with van der Waals surface area (Å²) < 4.78 is 18.4. The third-order valence-corrected chi connectivity index (χ3v) is 8.59. The summed E-state index contributed by atoms with van der Waals surface area (Å²) in [5.41, 5.74) is 3.82. The molecule has 1 fully saturated rings. The number of nitrogens with one attached hydrogen (secondary N) is 1. The first-order chi connectivity index (χ1) is 22.2. The van der Waals surface area contributed by atoms with Gasteiger partial charge >= 0.3 is 11.9 Å². The summed E-state index contributed by atoms with van der Waals surface area (Å²) in [5, 5.41) is 22.5. The van der Waals surface area contributed by atoms with E-state index in [1.165, 1.54) is 31.7 Å². The fourth-order valence-corrected chi connectivity index (χ4v) is 6.34. The quantitative estimate of drug-likeness (QED) is 0.134. The Kier molecular flexibility index (Phi) is 10.8. The highest BCUT2D eigenvalue weighted by Gasteiger charge is 2.42. The Morgan fingerprint density at radius 2 is 1.67 bits per heavy atom. The molecule has 0 aliphatic carbocycles. The van der Waals surface area contributed by atoms with Gasteiger partial charge in [0, 0.05) is 36.0 Å². The van der Waals surface area contributed by atoms with Gasteiger partial charge in [0.05, 0.1) is 24.4 Å². The first-order valence-electron chi connectivity index (χ1n) is 14.7. The van der Waals surface area contributed by atoms with Crippen LogP contribution in [0, 0.1) is 0 Å². The molecule has 3 aromatic carbocycles. The van der Waals surface area contributed by atoms with E-state index in [0.717, 1.165) is 16.7 Å². The maximum absolute atomic E-state index is 12.7. The number of aliphatic hydroxyl groups is 1. The molecule has 0 bridgehead atoms. The number of rotatable bonds is 11. The number of hydrogen-bond donors (Lipinski definition) is 3. The lowest BCUT2D eigenvalue weighted by Crippen LogP contribution is -2.38. The Morgan fingerprint density at radius 3 is 2.37 bits per heavy atom. The van der Waals surface area contributed by atoms with Crippen molar-refractivity contribution in [3.05, 3.63) is 125 Å². The van der Waals surface area contributed by atoms with E-state index in [4.69, 9.17) is 14.2 Å². The van der Waals surface area contributed by atoms with Crippen molar-refractivity contribution >= 4 is 35.3 Å². The molecule has 1 unspecified atom stereocenters. The molecule has 5 atom stereocenters. The van der Waals surface area contributed by atoms with Crippen molar-refractivity contribution in [1.82, 2.24) is 4.98 Å². The van der Waals surface area contributed by atoms with Gasteiger partial charge in [-0.3, -0.25) is 9.59 Å². The molecule has 1 amide bonds. The number of esters is 1. The smallest absolute Gasteiger partial charge is 0.338 e. The van der Waals surface area contributed by atoms with Crippen LogP contribution >= 0.6 is 11.8 Å². The number of ether oxygens (including phenoxy) is 3. The topological polar surface area (TPSA) is 144 Å². The number of aromatic carboxylic acids is 1. The summed E-state index contributed by atoms with van der Waals surface area (Å²) in [6.45, 7) is 2.64. The second kappa shape index (κ2) is 15.2. The summed E-state index contributed by atoms with van der Waals surface area (Å²) in [5.74, 6) is -2.04. The van der Waals surface area contributed by atoms with Crippen LogP contribution < -0.4 is 5.32 Å². The normalized spacial score (nSPS) is 20.0. The second-order valence-corrected chi connectivity index (χ2v) is 11.7. The third kappa shape index (κ3) is 7.99. The van der Waals surface area contributed by atoms with E-state index < -0.39 is 42.4 Å². The van der Waals surface area contributed by atoms with E-state index >= 15 is 0 Å². The van der Waals surface area contributed by atoms with Crippen molar-refractivity contribution in [3.63, 3.8) is 0 Å². The molecule has 2 heterocycles. The zero-order chi connectivity index (χ0) is 32.6. The first kappa shape index (κ1) is 32.8. The van der Waals surface area contributed by atoms with E-state index in [1.54, 1.807) is 30.5 Å². The van der Waals surface area contributed by atoms with Crippen LogP contribution in [0.15, 0.2) is 102 Å². The van der Waals surface area contributed by atoms with Crippen molar-refractivity contribution in [2.75, 3.05) is 11.1 Å². The Balaban J connectivity index is 1.51. The van der Waals surface area contributed by atoms with Crippen LogP contribution in [0.2, 0.25) is 0 Å². The molecular formula is C35H34N2O8S. The molecule has 1 aliphatic rings. The van der Waals surface area contributed by atoms with Gasteiger partial charge in [0.15, 0.2) is 12.4 Å². The molecule has 10 nitrogen and oxygen atoms in total. The number of anilines is 1. The molecular weight excluding hydrogens is 608 g/mol. The lowest BCUT2D eigenvalue weighted by molar-refractivity contribution is -0.255. The van der Waals surface area contributed by atoms with E-state index in [2.05, 4.69) is 10.3 Å². The van der Waals surface area contributed by atoms with Crippen LogP contribution in [0.4, 0.5) is 5.69 Å². The zero-order valence-corrected chi connectivity index (χ0v) is 26.1. The molecule has 1 saturated heterocycles. The van der Waals surface area contributed by atoms with Gasteiger partial charge in [0.25, 0.3) is 5.91 Å². The lowest BCUT2D eigenvalue weighted by Gasteiger charge is -2.43. The van der Waals surface area contributed by atoms with Gasteiger partial charge in [0.1, 0.15) is 5.03 Å². The molecule has 1 aliphatic heterocycles. The number of carbonyl (C=O) groups excluding carboxylic acids is 2. The van der Waals surface area contributed by atoms with Gasteiger partial charge in [-0.25, -0.2) is 9.78 Å². The molecule has 4 aromatic rings. The molecule has 0 saturated carbocycles. The fraction of sp³-hybridized carbons (Fsp3) is 0.257. The zero-order valence-electron chi connectivity index (χ0n) is 25.2. The molecule has 238 valence electrons. The number of carbonyl (C=O) groups is 3. The van der Waals surface area contributed by atoms with Gasteiger partial charge in [-0.1, -0.05) is 66.7 Å². The summed E-state index contributed by atoms with van der Waals surface area (Å²) in [6.07, 6.45) is -1.25. The number of benzene rings is 3. The molecule has 0 spiro atoms. The average Bonchev–Trinajstić information content (AvgIpc) is 3.07. The van der Waals surface area contributed by atoms with Crippen molar-refractivity contribution in [3.8, 4) is 0 Å². The number of carboxylic acids is 1. The molecule has 3 N–H and O–H groups in total. The Morgan fingerprint density at radius 1 is 0.935 bits per heavy atom. The maximum atomic E-state index is 12.7. The molecule has 5 rings (SSSR count). The van der Waals surface area contributed by atoms with Gasteiger partial charge in [0.2, 0.25) is 0 Å². The summed E-state index contributed by atoms with van der Waals surface area (Å²) in [6, 6.07) is 27.5. The monoisotopic (exact) mass is 642 g/mol. The van der Waals surface area contributed by atoms with E-state index in [-0.39, 0.29) is 18.1 Å². The van der Waals surface area contributed by atoms with Crippen molar-refractivity contribution in [2.45, 2.75) is 56.0 Å². The number of thioether (sulfide) groups is 1. The van der Waals surface area contributed by atoms with Crippen LogP contribution in [0.5, 0.6) is 0 Å². The number of pyridine rings is 1. The standard InChI is InChI=1S/C35H34N2O8S/c1-21(43-22(2)39)32(40)37-27-11-6-10-26(18-27)35-44-29(20-46-33-28(34(41)42)12-7-17-36-33)30(24-8-4-3-5-9-24)31(45-35)25-15-13-23(19-38)14-16-25/h3-18,21,29-31,35,38H,19-20H2,1-2H3,(H,37,40)(H,41,42)/t21-,29+,30+,31-,35?/m0/s1. The fourth-order valence-electron chi connectivity index (χ4n) is 5.29. The van der Waals surface area contributed by atoms with Crippen molar-refractivity contribution in [1.29, 1.82) is 0 Å².